The molecule has 12 nitrogen and oxygen atoms in total. The maximum atomic E-state index is 10.6. The Hall–Kier alpha value is -3.16. The summed E-state index contributed by atoms with van der Waals surface area (Å²) in [6.07, 6.45) is -0.714. The molecule has 0 aromatic heterocycles. The number of ether oxygens (including phenoxy) is 2. The molecule has 3 N–H and O–H groups in total. The lowest BCUT2D eigenvalue weighted by Crippen LogP contribution is -2.34. The molecule has 4 atom stereocenters. The number of hydrogen-bond acceptors (Lipinski definition) is 10. The standard InChI is InChI=1S/C11H12BNO5.C11H14BNO3.C2H4O2.H2/c1-7-6-16-9-4-2-3-8-10(5-13(14)15)18-12(17-7)11(8)9;1-7-6-14-9-4-2-3-8-10(5-13)16-12(15-7)11(8)9;1-2(3)4;/h2-4,7,10H,5-6H2,1H3;2-4,7,10H,5-6,13H2,1H3;1H3,(H,3,4);1H. The Morgan fingerprint density at radius 1 is 0.974 bits per heavy atom. The van der Waals surface area contributed by atoms with Gasteiger partial charge in [0.2, 0.25) is 6.54 Å². The van der Waals surface area contributed by atoms with Crippen molar-refractivity contribution in [1.82, 2.24) is 0 Å². The van der Waals surface area contributed by atoms with E-state index in [4.69, 9.17) is 43.7 Å². The Bertz CT molecular complexity index is 1170. The van der Waals surface area contributed by atoms with E-state index < -0.39 is 19.2 Å². The number of benzene rings is 2. The molecule has 14 heteroatoms. The first-order valence-corrected chi connectivity index (χ1v) is 12.3. The SMILES string of the molecule is CC(=O)O.CC1COc2cccc3c2B(O1)OC3CN.CC1COc2cccc3c2B(O1)OC3C[N+](=O)[O-].[HH]. The molecule has 4 heterocycles. The highest BCUT2D eigenvalue weighted by atomic mass is 16.6. The molecule has 0 saturated heterocycles. The van der Waals surface area contributed by atoms with Crippen molar-refractivity contribution >= 4 is 31.1 Å². The van der Waals surface area contributed by atoms with Crippen LogP contribution in [-0.4, -0.2) is 68.7 Å². The van der Waals surface area contributed by atoms with Crippen molar-refractivity contribution in [2.24, 2.45) is 5.73 Å². The fraction of sp³-hybridized carbons (Fsp3) is 0.458. The van der Waals surface area contributed by atoms with Crippen molar-refractivity contribution in [3.8, 4) is 11.5 Å². The summed E-state index contributed by atoms with van der Waals surface area (Å²) in [6.45, 7) is 6.16. The first-order chi connectivity index (χ1) is 18.2. The summed E-state index contributed by atoms with van der Waals surface area (Å²) in [6, 6.07) is 11.4. The maximum Gasteiger partial charge on any atom is 0.499 e. The third kappa shape index (κ3) is 6.27. The molecule has 0 aliphatic carbocycles. The number of rotatable bonds is 3. The first kappa shape index (κ1) is 27.9. The fourth-order valence-corrected chi connectivity index (χ4v) is 4.60. The Morgan fingerprint density at radius 2 is 1.42 bits per heavy atom. The molecule has 0 saturated carbocycles. The fourth-order valence-electron chi connectivity index (χ4n) is 4.60. The average Bonchev–Trinajstić information content (AvgIpc) is 3.27. The lowest BCUT2D eigenvalue weighted by Gasteiger charge is -2.15. The van der Waals surface area contributed by atoms with Crippen LogP contribution in [0.2, 0.25) is 0 Å². The second-order valence-electron chi connectivity index (χ2n) is 9.22. The predicted octanol–water partition coefficient (Wildman–Crippen LogP) is 1.07. The van der Waals surface area contributed by atoms with Crippen LogP contribution in [0.4, 0.5) is 0 Å². The minimum atomic E-state index is -0.833. The van der Waals surface area contributed by atoms with Crippen molar-refractivity contribution in [1.29, 1.82) is 0 Å². The molecular weight excluding hydrogens is 498 g/mol. The van der Waals surface area contributed by atoms with Gasteiger partial charge in [-0.05, 0) is 37.1 Å². The van der Waals surface area contributed by atoms with Crippen LogP contribution in [0, 0.1) is 10.1 Å². The van der Waals surface area contributed by atoms with Gasteiger partial charge in [0.25, 0.3) is 5.97 Å². The first-order valence-electron chi connectivity index (χ1n) is 12.3. The Morgan fingerprint density at radius 3 is 1.87 bits per heavy atom. The van der Waals surface area contributed by atoms with E-state index in [1.54, 1.807) is 0 Å². The number of nitrogens with zero attached hydrogens (tertiary/aromatic N) is 1. The van der Waals surface area contributed by atoms with Crippen molar-refractivity contribution in [3.63, 3.8) is 0 Å². The van der Waals surface area contributed by atoms with Crippen LogP contribution in [-0.2, 0) is 23.4 Å². The maximum absolute atomic E-state index is 10.6. The number of hydrogen-bond donors (Lipinski definition) is 2. The molecule has 4 aliphatic rings. The zero-order valence-corrected chi connectivity index (χ0v) is 21.4. The molecule has 0 amide bonds. The average molecular weight is 530 g/mol. The summed E-state index contributed by atoms with van der Waals surface area (Å²) in [5.74, 6) is 0.732. The van der Waals surface area contributed by atoms with Gasteiger partial charge in [-0.1, -0.05) is 24.3 Å². The number of carbonyl (C=O) groups is 1. The zero-order valence-electron chi connectivity index (χ0n) is 21.4. The second-order valence-corrected chi connectivity index (χ2v) is 9.22. The van der Waals surface area contributed by atoms with E-state index in [2.05, 4.69) is 0 Å². The number of carboxylic acids is 1. The van der Waals surface area contributed by atoms with E-state index in [-0.39, 0.29) is 38.3 Å². The quantitative estimate of drug-likeness (QED) is 0.332. The van der Waals surface area contributed by atoms with Crippen molar-refractivity contribution in [2.45, 2.75) is 45.2 Å². The zero-order chi connectivity index (χ0) is 27.4. The highest BCUT2D eigenvalue weighted by Gasteiger charge is 2.44. The van der Waals surface area contributed by atoms with Gasteiger partial charge in [0, 0.05) is 30.7 Å². The third-order valence-electron chi connectivity index (χ3n) is 6.13. The van der Waals surface area contributed by atoms with Gasteiger partial charge in [0.15, 0.2) is 0 Å². The van der Waals surface area contributed by atoms with Crippen LogP contribution in [0.3, 0.4) is 0 Å². The molecule has 0 radical (unpaired) electrons. The molecule has 204 valence electrons. The molecule has 2 aromatic carbocycles. The number of carboxylic acid groups (broad SMARTS) is 1. The molecule has 4 unspecified atom stereocenters. The van der Waals surface area contributed by atoms with E-state index >= 15 is 0 Å². The van der Waals surface area contributed by atoms with Gasteiger partial charge in [-0.2, -0.15) is 0 Å². The Labute approximate surface area is 222 Å². The summed E-state index contributed by atoms with van der Waals surface area (Å²) in [5.41, 5.74) is 9.40. The minimum Gasteiger partial charge on any atom is -0.491 e. The van der Waals surface area contributed by atoms with Crippen molar-refractivity contribution < 1.29 is 44.3 Å². The summed E-state index contributed by atoms with van der Waals surface area (Å²) in [7, 11) is -0.879. The van der Waals surface area contributed by atoms with E-state index in [9.17, 15) is 10.1 Å². The van der Waals surface area contributed by atoms with Gasteiger partial charge >= 0.3 is 14.2 Å². The van der Waals surface area contributed by atoms with Crippen LogP contribution >= 0.6 is 0 Å². The van der Waals surface area contributed by atoms with E-state index in [1.807, 2.05) is 50.2 Å². The Kier molecular flexibility index (Phi) is 8.90. The van der Waals surface area contributed by atoms with Crippen molar-refractivity contribution in [2.75, 3.05) is 26.3 Å². The van der Waals surface area contributed by atoms with Crippen molar-refractivity contribution in [3.05, 3.63) is 57.6 Å². The number of nitrogens with two attached hydrogens (primary N) is 1. The molecule has 0 spiro atoms. The highest BCUT2D eigenvalue weighted by molar-refractivity contribution is 6.64. The largest absolute Gasteiger partial charge is 0.499 e. The highest BCUT2D eigenvalue weighted by Crippen LogP contribution is 2.31. The topological polar surface area (TPSA) is 162 Å². The molecule has 38 heavy (non-hydrogen) atoms. The molecule has 0 fully saturated rings. The van der Waals surface area contributed by atoms with Gasteiger partial charge in [0.05, 0.1) is 18.3 Å². The van der Waals surface area contributed by atoms with Gasteiger partial charge in [-0.25, -0.2) is 0 Å². The third-order valence-corrected chi connectivity index (χ3v) is 6.13. The minimum absolute atomic E-state index is 0. The molecule has 4 aliphatic heterocycles. The monoisotopic (exact) mass is 530 g/mol. The van der Waals surface area contributed by atoms with E-state index in [0.717, 1.165) is 34.7 Å². The Balaban J connectivity index is 0.000000187. The van der Waals surface area contributed by atoms with Gasteiger partial charge in [0.1, 0.15) is 30.8 Å². The second kappa shape index (κ2) is 12.1. The van der Waals surface area contributed by atoms with E-state index in [0.29, 0.717) is 25.5 Å². The summed E-state index contributed by atoms with van der Waals surface area (Å²) >= 11 is 0. The van der Waals surface area contributed by atoms with Gasteiger partial charge < -0.3 is 38.9 Å². The van der Waals surface area contributed by atoms with Crippen LogP contribution in [0.25, 0.3) is 0 Å². The lowest BCUT2D eigenvalue weighted by molar-refractivity contribution is -0.490. The molecule has 0 bridgehead atoms. The number of nitro groups is 1. The smallest absolute Gasteiger partial charge is 0.491 e. The molecule has 6 rings (SSSR count). The van der Waals surface area contributed by atoms with Crippen LogP contribution in [0.1, 0.15) is 45.5 Å². The van der Waals surface area contributed by atoms with Crippen LogP contribution in [0.5, 0.6) is 11.5 Å². The van der Waals surface area contributed by atoms with E-state index in [1.165, 1.54) is 0 Å². The van der Waals surface area contributed by atoms with Crippen LogP contribution in [0.15, 0.2) is 36.4 Å². The number of aliphatic carboxylic acids is 1. The summed E-state index contributed by atoms with van der Waals surface area (Å²) < 4.78 is 34.2. The normalized spacial score (nSPS) is 24.1. The predicted molar refractivity (Wildman–Crippen MR) is 140 cm³/mol. The molecular formula is C24H32B2N2O10. The van der Waals surface area contributed by atoms with Gasteiger partial charge in [-0.3, -0.25) is 14.9 Å². The van der Waals surface area contributed by atoms with Gasteiger partial charge in [-0.15, -0.1) is 0 Å². The van der Waals surface area contributed by atoms with Crippen LogP contribution < -0.4 is 26.1 Å². The summed E-state index contributed by atoms with van der Waals surface area (Å²) in [4.78, 5) is 19.3. The summed E-state index contributed by atoms with van der Waals surface area (Å²) in [5, 5.41) is 18.1. The lowest BCUT2D eigenvalue weighted by atomic mass is 9.77. The molecule has 2 aromatic rings.